The highest BCUT2D eigenvalue weighted by atomic mass is 19.3. The molecular formula is C8H11F2NO. The van der Waals surface area contributed by atoms with Crippen LogP contribution >= 0.6 is 0 Å². The lowest BCUT2D eigenvalue weighted by molar-refractivity contribution is -0.120. The first kappa shape index (κ1) is 7.95. The summed E-state index contributed by atoms with van der Waals surface area (Å²) in [5.74, 6) is -2.44. The molecule has 0 aromatic rings. The standard InChI is InChI=1S/C8H11F2NO/c9-8(10)5-7(8)1-3-11(6-12)4-2-7/h6H,1-5H2. The Hall–Kier alpha value is -0.670. The van der Waals surface area contributed by atoms with Crippen molar-refractivity contribution in [3.05, 3.63) is 0 Å². The Labute approximate surface area is 69.5 Å². The Morgan fingerprint density at radius 2 is 1.75 bits per heavy atom. The Morgan fingerprint density at radius 3 is 2.08 bits per heavy atom. The lowest BCUT2D eigenvalue weighted by Gasteiger charge is -2.29. The van der Waals surface area contributed by atoms with Gasteiger partial charge in [0.1, 0.15) is 0 Å². The van der Waals surface area contributed by atoms with E-state index in [-0.39, 0.29) is 6.42 Å². The quantitative estimate of drug-likeness (QED) is 0.549. The van der Waals surface area contributed by atoms with Crippen molar-refractivity contribution < 1.29 is 13.6 Å². The van der Waals surface area contributed by atoms with Gasteiger partial charge < -0.3 is 4.90 Å². The molecule has 12 heavy (non-hydrogen) atoms. The summed E-state index contributed by atoms with van der Waals surface area (Å²) < 4.78 is 25.6. The molecule has 0 radical (unpaired) electrons. The average molecular weight is 175 g/mol. The van der Waals surface area contributed by atoms with Gasteiger partial charge in [0.15, 0.2) is 0 Å². The molecule has 1 aliphatic carbocycles. The number of carbonyl (C=O) groups excluding carboxylic acids is 1. The van der Waals surface area contributed by atoms with Crippen molar-refractivity contribution in [2.24, 2.45) is 5.41 Å². The van der Waals surface area contributed by atoms with Crippen molar-refractivity contribution in [1.29, 1.82) is 0 Å². The number of carbonyl (C=O) groups is 1. The highest BCUT2D eigenvalue weighted by molar-refractivity contribution is 5.47. The van der Waals surface area contributed by atoms with Crippen LogP contribution in [0.2, 0.25) is 0 Å². The zero-order valence-electron chi connectivity index (χ0n) is 6.72. The van der Waals surface area contributed by atoms with Crippen LogP contribution in [0.25, 0.3) is 0 Å². The van der Waals surface area contributed by atoms with Crippen molar-refractivity contribution in [1.82, 2.24) is 4.90 Å². The van der Waals surface area contributed by atoms with Crippen molar-refractivity contribution in [3.8, 4) is 0 Å². The fourth-order valence-corrected chi connectivity index (χ4v) is 1.98. The lowest BCUT2D eigenvalue weighted by atomic mass is 9.93. The normalized spacial score (nSPS) is 30.3. The molecule has 2 rings (SSSR count). The molecule has 1 saturated carbocycles. The molecular weight excluding hydrogens is 164 g/mol. The number of rotatable bonds is 1. The molecule has 0 N–H and O–H groups in total. The summed E-state index contributed by atoms with van der Waals surface area (Å²) >= 11 is 0. The number of halogens is 2. The maximum absolute atomic E-state index is 12.8. The number of alkyl halides is 2. The highest BCUT2D eigenvalue weighted by Crippen LogP contribution is 2.65. The lowest BCUT2D eigenvalue weighted by Crippen LogP contribution is -2.35. The Kier molecular flexibility index (Phi) is 1.44. The summed E-state index contributed by atoms with van der Waals surface area (Å²) in [5, 5.41) is 0. The van der Waals surface area contributed by atoms with E-state index in [1.807, 2.05) is 0 Å². The first-order valence-corrected chi connectivity index (χ1v) is 4.17. The van der Waals surface area contributed by atoms with Gasteiger partial charge in [0.25, 0.3) is 5.92 Å². The van der Waals surface area contributed by atoms with Gasteiger partial charge in [-0.1, -0.05) is 0 Å². The van der Waals surface area contributed by atoms with E-state index in [1.165, 1.54) is 0 Å². The van der Waals surface area contributed by atoms with Crippen molar-refractivity contribution >= 4 is 6.41 Å². The number of nitrogens with zero attached hydrogens (tertiary/aromatic N) is 1. The molecule has 0 bridgehead atoms. The summed E-state index contributed by atoms with van der Waals surface area (Å²) in [5.41, 5.74) is -0.730. The maximum atomic E-state index is 12.8. The summed E-state index contributed by atoms with van der Waals surface area (Å²) in [7, 11) is 0. The van der Waals surface area contributed by atoms with Crippen molar-refractivity contribution in [2.45, 2.75) is 25.2 Å². The van der Waals surface area contributed by atoms with Gasteiger partial charge in [-0.15, -0.1) is 0 Å². The molecule has 1 saturated heterocycles. The summed E-state index contributed by atoms with van der Waals surface area (Å²) in [6.07, 6.45) is 1.72. The SMILES string of the molecule is O=CN1CCC2(CC1)CC2(F)F. The second-order valence-electron chi connectivity index (χ2n) is 3.80. The van der Waals surface area contributed by atoms with Crippen LogP contribution in [0.4, 0.5) is 8.78 Å². The molecule has 0 aromatic carbocycles. The van der Waals surface area contributed by atoms with Crippen LogP contribution in [0, 0.1) is 5.41 Å². The number of amides is 1. The molecule has 1 amide bonds. The number of piperidine rings is 1. The minimum Gasteiger partial charge on any atom is -0.345 e. The predicted molar refractivity (Wildman–Crippen MR) is 38.9 cm³/mol. The smallest absolute Gasteiger partial charge is 0.254 e. The number of hydrogen-bond acceptors (Lipinski definition) is 1. The first-order chi connectivity index (χ1) is 5.60. The van der Waals surface area contributed by atoms with Crippen LogP contribution in [0.1, 0.15) is 19.3 Å². The monoisotopic (exact) mass is 175 g/mol. The molecule has 2 aliphatic rings. The molecule has 4 heteroatoms. The minimum absolute atomic E-state index is 0.0344. The molecule has 0 unspecified atom stereocenters. The largest absolute Gasteiger partial charge is 0.345 e. The molecule has 2 nitrogen and oxygen atoms in total. The van der Waals surface area contributed by atoms with E-state index in [9.17, 15) is 13.6 Å². The topological polar surface area (TPSA) is 20.3 Å². The maximum Gasteiger partial charge on any atom is 0.254 e. The van der Waals surface area contributed by atoms with Crippen LogP contribution in [0.3, 0.4) is 0 Å². The summed E-state index contributed by atoms with van der Waals surface area (Å²) in [6, 6.07) is 0. The zero-order chi connectivity index (χ0) is 8.82. The van der Waals surface area contributed by atoms with Gasteiger partial charge in [0.05, 0.1) is 0 Å². The van der Waals surface area contributed by atoms with Crippen molar-refractivity contribution in [3.63, 3.8) is 0 Å². The third kappa shape index (κ3) is 0.934. The molecule has 1 spiro atoms. The van der Waals surface area contributed by atoms with Gasteiger partial charge in [-0.05, 0) is 12.8 Å². The van der Waals surface area contributed by atoms with Gasteiger partial charge in [0, 0.05) is 24.9 Å². The van der Waals surface area contributed by atoms with Crippen LogP contribution < -0.4 is 0 Å². The Morgan fingerprint density at radius 1 is 1.25 bits per heavy atom. The average Bonchev–Trinajstić information content (AvgIpc) is 2.55. The van der Waals surface area contributed by atoms with E-state index in [2.05, 4.69) is 0 Å². The number of hydrogen-bond donors (Lipinski definition) is 0. The summed E-state index contributed by atoms with van der Waals surface area (Å²) in [4.78, 5) is 11.9. The third-order valence-corrected chi connectivity index (χ3v) is 3.12. The number of likely N-dealkylation sites (tertiary alicyclic amines) is 1. The Bertz CT molecular complexity index is 209. The van der Waals surface area contributed by atoms with Crippen molar-refractivity contribution in [2.75, 3.05) is 13.1 Å². The fraction of sp³-hybridized carbons (Fsp3) is 0.875. The van der Waals surface area contributed by atoms with Gasteiger partial charge >= 0.3 is 0 Å². The van der Waals surface area contributed by atoms with E-state index in [4.69, 9.17) is 0 Å². The molecule has 1 heterocycles. The highest BCUT2D eigenvalue weighted by Gasteiger charge is 2.70. The van der Waals surface area contributed by atoms with Gasteiger partial charge in [0.2, 0.25) is 6.41 Å². The molecule has 0 aromatic heterocycles. The van der Waals surface area contributed by atoms with E-state index < -0.39 is 11.3 Å². The zero-order valence-corrected chi connectivity index (χ0v) is 6.72. The second kappa shape index (κ2) is 2.18. The van der Waals surface area contributed by atoms with E-state index >= 15 is 0 Å². The van der Waals surface area contributed by atoms with Gasteiger partial charge in [-0.3, -0.25) is 4.79 Å². The van der Waals surface area contributed by atoms with E-state index in [0.717, 1.165) is 6.41 Å². The third-order valence-electron chi connectivity index (χ3n) is 3.12. The van der Waals surface area contributed by atoms with E-state index in [0.29, 0.717) is 25.9 Å². The van der Waals surface area contributed by atoms with Gasteiger partial charge in [-0.2, -0.15) is 0 Å². The van der Waals surface area contributed by atoms with Crippen LogP contribution in [0.5, 0.6) is 0 Å². The van der Waals surface area contributed by atoms with Crippen LogP contribution in [0.15, 0.2) is 0 Å². The van der Waals surface area contributed by atoms with E-state index in [1.54, 1.807) is 4.90 Å². The summed E-state index contributed by atoms with van der Waals surface area (Å²) in [6.45, 7) is 0.998. The molecule has 1 aliphatic heterocycles. The molecule has 0 atom stereocenters. The second-order valence-corrected chi connectivity index (χ2v) is 3.80. The van der Waals surface area contributed by atoms with Crippen LogP contribution in [-0.2, 0) is 4.79 Å². The Balaban J connectivity index is 1.96. The first-order valence-electron chi connectivity index (χ1n) is 4.17. The molecule has 68 valence electrons. The van der Waals surface area contributed by atoms with Crippen LogP contribution in [-0.4, -0.2) is 30.3 Å². The predicted octanol–water partition coefficient (Wildman–Crippen LogP) is 1.26. The van der Waals surface area contributed by atoms with Gasteiger partial charge in [-0.25, -0.2) is 8.78 Å². The fourth-order valence-electron chi connectivity index (χ4n) is 1.98. The minimum atomic E-state index is -2.44. The molecule has 2 fully saturated rings.